The number of benzene rings is 2. The van der Waals surface area contributed by atoms with Crippen LogP contribution in [0.3, 0.4) is 0 Å². The molecule has 3 heteroatoms. The van der Waals surface area contributed by atoms with Crippen molar-refractivity contribution in [2.75, 3.05) is 0 Å². The third-order valence-corrected chi connectivity index (χ3v) is 2.65. The Morgan fingerprint density at radius 3 is 2.59 bits per heavy atom. The molecule has 0 unspecified atom stereocenters. The maximum Gasteiger partial charge on any atom is 0.150 e. The van der Waals surface area contributed by atoms with Gasteiger partial charge < -0.3 is 10.2 Å². The molecule has 2 N–H and O–H groups in total. The normalized spacial score (nSPS) is 10.2. The third-order valence-electron chi connectivity index (χ3n) is 2.65. The van der Waals surface area contributed by atoms with Crippen molar-refractivity contribution >= 4 is 6.29 Å². The van der Waals surface area contributed by atoms with Crippen LogP contribution in [-0.2, 0) is 6.61 Å². The molecule has 0 saturated heterocycles. The minimum Gasteiger partial charge on any atom is -0.508 e. The molecule has 0 aliphatic carbocycles. The van der Waals surface area contributed by atoms with Crippen LogP contribution in [0, 0.1) is 0 Å². The molecule has 0 fully saturated rings. The average molecular weight is 228 g/mol. The molecule has 2 aromatic carbocycles. The Balaban J connectivity index is 2.56. The SMILES string of the molecule is O=Cc1ccccc1-c1ccc(O)c(CO)c1. The number of aldehydes is 1. The molecule has 0 aliphatic rings. The smallest absolute Gasteiger partial charge is 0.150 e. The van der Waals surface area contributed by atoms with Crippen LogP contribution in [0.2, 0.25) is 0 Å². The number of carbonyl (C=O) groups excluding carboxylic acids is 1. The summed E-state index contributed by atoms with van der Waals surface area (Å²) in [5, 5.41) is 18.6. The van der Waals surface area contributed by atoms with Gasteiger partial charge in [-0.05, 0) is 23.3 Å². The molecule has 0 aromatic heterocycles. The van der Waals surface area contributed by atoms with Crippen molar-refractivity contribution in [3.8, 4) is 16.9 Å². The van der Waals surface area contributed by atoms with E-state index >= 15 is 0 Å². The van der Waals surface area contributed by atoms with E-state index < -0.39 is 0 Å². The van der Waals surface area contributed by atoms with E-state index in [4.69, 9.17) is 5.11 Å². The number of aliphatic hydroxyl groups is 1. The molecule has 17 heavy (non-hydrogen) atoms. The van der Waals surface area contributed by atoms with Crippen molar-refractivity contribution < 1.29 is 15.0 Å². The van der Waals surface area contributed by atoms with Gasteiger partial charge in [0.15, 0.2) is 6.29 Å². The van der Waals surface area contributed by atoms with Crippen molar-refractivity contribution in [3.63, 3.8) is 0 Å². The highest BCUT2D eigenvalue weighted by Gasteiger charge is 2.06. The van der Waals surface area contributed by atoms with Crippen LogP contribution in [0.25, 0.3) is 11.1 Å². The van der Waals surface area contributed by atoms with Crippen LogP contribution in [0.4, 0.5) is 0 Å². The van der Waals surface area contributed by atoms with Gasteiger partial charge >= 0.3 is 0 Å². The Morgan fingerprint density at radius 2 is 1.88 bits per heavy atom. The lowest BCUT2D eigenvalue weighted by molar-refractivity contribution is 0.112. The first-order valence-electron chi connectivity index (χ1n) is 5.23. The average Bonchev–Trinajstić information content (AvgIpc) is 2.39. The maximum absolute atomic E-state index is 10.9. The topological polar surface area (TPSA) is 57.5 Å². The van der Waals surface area contributed by atoms with Crippen molar-refractivity contribution in [2.24, 2.45) is 0 Å². The van der Waals surface area contributed by atoms with Gasteiger partial charge in [0.25, 0.3) is 0 Å². The summed E-state index contributed by atoms with van der Waals surface area (Å²) in [6, 6.07) is 12.1. The molecule has 0 bridgehead atoms. The summed E-state index contributed by atoms with van der Waals surface area (Å²) < 4.78 is 0. The Bertz CT molecular complexity index is 547. The van der Waals surface area contributed by atoms with Gasteiger partial charge in [-0.1, -0.05) is 30.3 Å². The molecule has 3 nitrogen and oxygen atoms in total. The van der Waals surface area contributed by atoms with E-state index in [2.05, 4.69) is 0 Å². The standard InChI is InChI=1S/C14H12O3/c15-8-11-3-1-2-4-13(11)10-5-6-14(17)12(7-10)9-16/h1-8,16-17H,9H2. The van der Waals surface area contributed by atoms with Gasteiger partial charge in [0.1, 0.15) is 5.75 Å². The first-order chi connectivity index (χ1) is 8.26. The molecule has 0 heterocycles. The van der Waals surface area contributed by atoms with Gasteiger partial charge in [0, 0.05) is 11.1 Å². The highest BCUT2D eigenvalue weighted by molar-refractivity contribution is 5.87. The molecule has 0 aliphatic heterocycles. The van der Waals surface area contributed by atoms with Gasteiger partial charge in [0.05, 0.1) is 6.61 Å². The molecule has 2 aromatic rings. The van der Waals surface area contributed by atoms with Gasteiger partial charge in [-0.25, -0.2) is 0 Å². The molecule has 0 atom stereocenters. The fourth-order valence-electron chi connectivity index (χ4n) is 1.74. The minimum absolute atomic E-state index is 0.0554. The van der Waals surface area contributed by atoms with E-state index in [1.807, 2.05) is 12.1 Å². The summed E-state index contributed by atoms with van der Waals surface area (Å²) in [6.07, 6.45) is 0.792. The molecule has 0 spiro atoms. The molecule has 0 radical (unpaired) electrons. The van der Waals surface area contributed by atoms with E-state index in [0.29, 0.717) is 11.1 Å². The first-order valence-corrected chi connectivity index (χ1v) is 5.23. The highest BCUT2D eigenvalue weighted by Crippen LogP contribution is 2.27. The van der Waals surface area contributed by atoms with Crippen molar-refractivity contribution in [1.82, 2.24) is 0 Å². The zero-order valence-corrected chi connectivity index (χ0v) is 9.13. The van der Waals surface area contributed by atoms with Crippen molar-refractivity contribution in [3.05, 3.63) is 53.6 Å². The summed E-state index contributed by atoms with van der Waals surface area (Å²) in [4.78, 5) is 10.9. The van der Waals surface area contributed by atoms with E-state index in [1.54, 1.807) is 24.3 Å². The summed E-state index contributed by atoms with van der Waals surface area (Å²) >= 11 is 0. The van der Waals surface area contributed by atoms with Gasteiger partial charge in [-0.3, -0.25) is 4.79 Å². The van der Waals surface area contributed by atoms with Gasteiger partial charge in [-0.2, -0.15) is 0 Å². The Hall–Kier alpha value is -2.13. The monoisotopic (exact) mass is 228 g/mol. The quantitative estimate of drug-likeness (QED) is 0.793. The van der Waals surface area contributed by atoms with E-state index in [9.17, 15) is 9.90 Å². The lowest BCUT2D eigenvalue weighted by Gasteiger charge is -2.07. The van der Waals surface area contributed by atoms with Gasteiger partial charge in [-0.15, -0.1) is 0 Å². The van der Waals surface area contributed by atoms with Crippen LogP contribution in [0.5, 0.6) is 5.75 Å². The number of hydrogen-bond acceptors (Lipinski definition) is 3. The predicted molar refractivity (Wildman–Crippen MR) is 64.9 cm³/mol. The zero-order valence-electron chi connectivity index (χ0n) is 9.13. The van der Waals surface area contributed by atoms with Crippen LogP contribution < -0.4 is 0 Å². The zero-order chi connectivity index (χ0) is 12.3. The summed E-state index contributed by atoms with van der Waals surface area (Å²) in [6.45, 7) is -0.233. The molecule has 0 saturated carbocycles. The lowest BCUT2D eigenvalue weighted by Crippen LogP contribution is -1.90. The Kier molecular flexibility index (Phi) is 3.21. The molecule has 0 amide bonds. The fraction of sp³-hybridized carbons (Fsp3) is 0.0714. The first kappa shape index (κ1) is 11.4. The van der Waals surface area contributed by atoms with Crippen molar-refractivity contribution in [1.29, 1.82) is 0 Å². The molecular weight excluding hydrogens is 216 g/mol. The lowest BCUT2D eigenvalue weighted by atomic mass is 9.98. The second kappa shape index (κ2) is 4.80. The molecule has 86 valence electrons. The van der Waals surface area contributed by atoms with Crippen LogP contribution in [-0.4, -0.2) is 16.5 Å². The maximum atomic E-state index is 10.9. The minimum atomic E-state index is -0.233. The second-order valence-corrected chi connectivity index (χ2v) is 3.71. The molecule has 2 rings (SSSR count). The van der Waals surface area contributed by atoms with E-state index in [-0.39, 0.29) is 12.4 Å². The Labute approximate surface area is 99.0 Å². The number of rotatable bonds is 3. The predicted octanol–water partition coefficient (Wildman–Crippen LogP) is 2.36. The highest BCUT2D eigenvalue weighted by atomic mass is 16.3. The Morgan fingerprint density at radius 1 is 1.12 bits per heavy atom. The van der Waals surface area contributed by atoms with E-state index in [1.165, 1.54) is 6.07 Å². The number of aromatic hydroxyl groups is 1. The summed E-state index contributed by atoms with van der Waals surface area (Å²) in [5.41, 5.74) is 2.62. The largest absolute Gasteiger partial charge is 0.508 e. The molecular formula is C14H12O3. The number of phenols is 1. The summed E-state index contributed by atoms with van der Waals surface area (Å²) in [7, 11) is 0. The fourth-order valence-corrected chi connectivity index (χ4v) is 1.74. The summed E-state index contributed by atoms with van der Waals surface area (Å²) in [5.74, 6) is 0.0554. The number of aliphatic hydroxyl groups excluding tert-OH is 1. The van der Waals surface area contributed by atoms with Crippen molar-refractivity contribution in [2.45, 2.75) is 6.61 Å². The van der Waals surface area contributed by atoms with E-state index in [0.717, 1.165) is 17.4 Å². The third kappa shape index (κ3) is 2.19. The van der Waals surface area contributed by atoms with Crippen LogP contribution in [0.1, 0.15) is 15.9 Å². The number of carbonyl (C=O) groups is 1. The number of hydrogen-bond donors (Lipinski definition) is 2. The second-order valence-electron chi connectivity index (χ2n) is 3.71. The van der Waals surface area contributed by atoms with Crippen LogP contribution in [0.15, 0.2) is 42.5 Å². The van der Waals surface area contributed by atoms with Crippen LogP contribution >= 0.6 is 0 Å². The van der Waals surface area contributed by atoms with Gasteiger partial charge in [0.2, 0.25) is 0 Å².